The summed E-state index contributed by atoms with van der Waals surface area (Å²) < 4.78 is 5.34. The monoisotopic (exact) mass is 427 g/mol. The number of thioether (sulfide) groups is 1. The van der Waals surface area contributed by atoms with Crippen LogP contribution in [0, 0.1) is 0 Å². The molecule has 0 aliphatic carbocycles. The number of hydrogen-bond acceptors (Lipinski definition) is 5. The molecule has 1 fully saturated rings. The number of morpholine rings is 1. The summed E-state index contributed by atoms with van der Waals surface area (Å²) in [7, 11) is 0. The van der Waals surface area contributed by atoms with Gasteiger partial charge in [0.25, 0.3) is 5.91 Å². The molecule has 30 heavy (non-hydrogen) atoms. The van der Waals surface area contributed by atoms with Crippen LogP contribution in [0.1, 0.15) is 22.3 Å². The van der Waals surface area contributed by atoms with Crippen LogP contribution in [0.4, 0.5) is 5.69 Å². The van der Waals surface area contributed by atoms with Crippen molar-refractivity contribution in [3.63, 3.8) is 0 Å². The average molecular weight is 428 g/mol. The zero-order valence-electron chi connectivity index (χ0n) is 17.1. The molecule has 0 unspecified atom stereocenters. The Morgan fingerprint density at radius 2 is 1.73 bits per heavy atom. The van der Waals surface area contributed by atoms with E-state index in [2.05, 4.69) is 15.5 Å². The largest absolute Gasteiger partial charge is 0.379 e. The number of amides is 2. The highest BCUT2D eigenvalue weighted by atomic mass is 32.2. The van der Waals surface area contributed by atoms with E-state index >= 15 is 0 Å². The Labute approximate surface area is 182 Å². The van der Waals surface area contributed by atoms with Crippen molar-refractivity contribution in [1.82, 2.24) is 10.2 Å². The maximum absolute atomic E-state index is 12.3. The third-order valence-electron chi connectivity index (χ3n) is 4.82. The molecule has 3 rings (SSSR count). The topological polar surface area (TPSA) is 70.7 Å². The minimum absolute atomic E-state index is 0.0146. The number of nitrogens with zero attached hydrogens (tertiary/aromatic N) is 1. The molecule has 0 bridgehead atoms. The van der Waals surface area contributed by atoms with Crippen molar-refractivity contribution in [1.29, 1.82) is 0 Å². The van der Waals surface area contributed by atoms with E-state index in [1.165, 1.54) is 0 Å². The molecule has 1 saturated heterocycles. The van der Waals surface area contributed by atoms with Crippen LogP contribution in [-0.2, 0) is 15.3 Å². The summed E-state index contributed by atoms with van der Waals surface area (Å²) in [4.78, 5) is 26.6. The second kappa shape index (κ2) is 12.4. The fourth-order valence-corrected chi connectivity index (χ4v) is 3.95. The van der Waals surface area contributed by atoms with Gasteiger partial charge < -0.3 is 15.4 Å². The number of para-hydroxylation sites is 1. The molecule has 6 nitrogen and oxygen atoms in total. The van der Waals surface area contributed by atoms with E-state index in [0.29, 0.717) is 17.9 Å². The molecule has 2 amide bonds. The van der Waals surface area contributed by atoms with Gasteiger partial charge in [-0.3, -0.25) is 14.5 Å². The number of ether oxygens (including phenoxy) is 1. The normalized spacial score (nSPS) is 14.3. The molecule has 1 heterocycles. The van der Waals surface area contributed by atoms with E-state index in [9.17, 15) is 9.59 Å². The van der Waals surface area contributed by atoms with Crippen LogP contribution in [0.25, 0.3) is 0 Å². The molecule has 1 aliphatic heterocycles. The van der Waals surface area contributed by atoms with E-state index < -0.39 is 0 Å². The lowest BCUT2D eigenvalue weighted by atomic mass is 10.1. The van der Waals surface area contributed by atoms with Gasteiger partial charge in [0.1, 0.15) is 0 Å². The van der Waals surface area contributed by atoms with Gasteiger partial charge in [0.15, 0.2) is 0 Å². The lowest BCUT2D eigenvalue weighted by Crippen LogP contribution is -2.38. The first-order valence-corrected chi connectivity index (χ1v) is 11.5. The predicted octanol–water partition coefficient (Wildman–Crippen LogP) is 3.01. The SMILES string of the molecule is O=C(CSCc1ccc(C(=O)NCCCN2CCOCC2)cc1)Nc1ccccc1. The number of benzene rings is 2. The zero-order valence-corrected chi connectivity index (χ0v) is 18.0. The summed E-state index contributed by atoms with van der Waals surface area (Å²) in [6.45, 7) is 5.20. The number of anilines is 1. The number of nitrogens with one attached hydrogen (secondary N) is 2. The van der Waals surface area contributed by atoms with Crippen LogP contribution in [0.15, 0.2) is 54.6 Å². The average Bonchev–Trinajstić information content (AvgIpc) is 2.78. The van der Waals surface area contributed by atoms with Crippen molar-refractivity contribution in [2.45, 2.75) is 12.2 Å². The highest BCUT2D eigenvalue weighted by molar-refractivity contribution is 7.99. The molecule has 0 radical (unpaired) electrons. The summed E-state index contributed by atoms with van der Waals surface area (Å²) in [5.74, 6) is 1.06. The summed E-state index contributed by atoms with van der Waals surface area (Å²) in [6, 6.07) is 17.0. The van der Waals surface area contributed by atoms with Crippen molar-refractivity contribution >= 4 is 29.3 Å². The van der Waals surface area contributed by atoms with Crippen molar-refractivity contribution < 1.29 is 14.3 Å². The summed E-state index contributed by atoms with van der Waals surface area (Å²) in [5.41, 5.74) is 2.57. The van der Waals surface area contributed by atoms with Crippen LogP contribution in [0.5, 0.6) is 0 Å². The molecule has 0 atom stereocenters. The van der Waals surface area contributed by atoms with Gasteiger partial charge in [-0.2, -0.15) is 0 Å². The standard InChI is InChI=1S/C23H29N3O3S/c27-22(25-21-5-2-1-3-6-21)18-30-17-19-7-9-20(10-8-19)23(28)24-11-4-12-26-13-15-29-16-14-26/h1-3,5-10H,4,11-18H2,(H,24,28)(H,25,27). The Kier molecular flexibility index (Phi) is 9.21. The van der Waals surface area contributed by atoms with Crippen LogP contribution in [0.2, 0.25) is 0 Å². The molecule has 0 aromatic heterocycles. The third kappa shape index (κ3) is 7.82. The van der Waals surface area contributed by atoms with Gasteiger partial charge in [-0.05, 0) is 42.8 Å². The first-order valence-electron chi connectivity index (χ1n) is 10.3. The van der Waals surface area contributed by atoms with E-state index in [1.807, 2.05) is 54.6 Å². The summed E-state index contributed by atoms with van der Waals surface area (Å²) in [5, 5.41) is 5.86. The van der Waals surface area contributed by atoms with Gasteiger partial charge in [-0.15, -0.1) is 11.8 Å². The number of carbonyl (C=O) groups is 2. The predicted molar refractivity (Wildman–Crippen MR) is 122 cm³/mol. The van der Waals surface area contributed by atoms with Crippen molar-refractivity contribution in [2.75, 3.05) is 50.5 Å². The van der Waals surface area contributed by atoms with E-state index in [4.69, 9.17) is 4.74 Å². The maximum atomic E-state index is 12.3. The van der Waals surface area contributed by atoms with Crippen LogP contribution >= 0.6 is 11.8 Å². The van der Waals surface area contributed by atoms with E-state index in [-0.39, 0.29) is 11.8 Å². The highest BCUT2D eigenvalue weighted by Crippen LogP contribution is 2.14. The first kappa shape index (κ1) is 22.3. The van der Waals surface area contributed by atoms with Gasteiger partial charge in [0.2, 0.25) is 5.91 Å². The molecule has 2 aromatic carbocycles. The maximum Gasteiger partial charge on any atom is 0.251 e. The molecule has 0 spiro atoms. The van der Waals surface area contributed by atoms with Gasteiger partial charge in [-0.1, -0.05) is 30.3 Å². The van der Waals surface area contributed by atoms with Gasteiger partial charge in [0.05, 0.1) is 19.0 Å². The molecule has 2 aromatic rings. The molecular weight excluding hydrogens is 398 g/mol. The second-order valence-electron chi connectivity index (χ2n) is 7.17. The fraction of sp³-hybridized carbons (Fsp3) is 0.391. The summed E-state index contributed by atoms with van der Waals surface area (Å²) in [6.07, 6.45) is 0.936. The number of rotatable bonds is 10. The first-order chi connectivity index (χ1) is 14.7. The van der Waals surface area contributed by atoms with Gasteiger partial charge >= 0.3 is 0 Å². The Morgan fingerprint density at radius 3 is 2.47 bits per heavy atom. The minimum atomic E-state index is -0.0431. The Morgan fingerprint density at radius 1 is 1.00 bits per heavy atom. The van der Waals surface area contributed by atoms with Crippen LogP contribution < -0.4 is 10.6 Å². The molecular formula is C23H29N3O3S. The van der Waals surface area contributed by atoms with Crippen molar-refractivity contribution in [3.8, 4) is 0 Å². The van der Waals surface area contributed by atoms with E-state index in [0.717, 1.165) is 56.3 Å². The molecule has 2 N–H and O–H groups in total. The third-order valence-corrected chi connectivity index (χ3v) is 5.82. The Balaban J connectivity index is 1.31. The number of carbonyl (C=O) groups excluding carboxylic acids is 2. The minimum Gasteiger partial charge on any atom is -0.379 e. The quantitative estimate of drug-likeness (QED) is 0.571. The molecule has 0 saturated carbocycles. The molecule has 7 heteroatoms. The Hall–Kier alpha value is -2.35. The van der Waals surface area contributed by atoms with E-state index in [1.54, 1.807) is 11.8 Å². The molecule has 1 aliphatic rings. The number of hydrogen-bond donors (Lipinski definition) is 2. The van der Waals surface area contributed by atoms with Crippen LogP contribution in [0.3, 0.4) is 0 Å². The smallest absolute Gasteiger partial charge is 0.251 e. The molecule has 160 valence electrons. The lowest BCUT2D eigenvalue weighted by Gasteiger charge is -2.26. The lowest BCUT2D eigenvalue weighted by molar-refractivity contribution is -0.113. The van der Waals surface area contributed by atoms with Gasteiger partial charge in [-0.25, -0.2) is 0 Å². The fourth-order valence-electron chi connectivity index (χ4n) is 3.16. The van der Waals surface area contributed by atoms with Crippen molar-refractivity contribution in [2.24, 2.45) is 0 Å². The van der Waals surface area contributed by atoms with Gasteiger partial charge in [0, 0.05) is 36.6 Å². The van der Waals surface area contributed by atoms with Crippen LogP contribution in [-0.4, -0.2) is 61.9 Å². The zero-order chi connectivity index (χ0) is 21.0. The highest BCUT2D eigenvalue weighted by Gasteiger charge is 2.10. The second-order valence-corrected chi connectivity index (χ2v) is 8.15. The Bertz CT molecular complexity index is 793. The summed E-state index contributed by atoms with van der Waals surface area (Å²) >= 11 is 1.55. The van der Waals surface area contributed by atoms with Crippen molar-refractivity contribution in [3.05, 3.63) is 65.7 Å².